The van der Waals surface area contributed by atoms with E-state index in [4.69, 9.17) is 4.42 Å². The van der Waals surface area contributed by atoms with Crippen LogP contribution in [-0.2, 0) is 11.3 Å². The predicted octanol–water partition coefficient (Wildman–Crippen LogP) is 4.21. The smallest absolute Gasteiger partial charge is 0.277 e. The first-order valence-corrected chi connectivity index (χ1v) is 9.46. The van der Waals surface area contributed by atoms with Crippen LogP contribution in [0.15, 0.2) is 46.0 Å². The van der Waals surface area contributed by atoms with E-state index in [0.717, 1.165) is 16.7 Å². The fourth-order valence-electron chi connectivity index (χ4n) is 2.61. The normalized spacial score (nSPS) is 10.8. The molecule has 0 aliphatic rings. The Morgan fingerprint density at radius 1 is 1.11 bits per heavy atom. The van der Waals surface area contributed by atoms with Gasteiger partial charge in [-0.25, -0.2) is 4.39 Å². The minimum absolute atomic E-state index is 0.142. The van der Waals surface area contributed by atoms with Crippen molar-refractivity contribution in [2.75, 3.05) is 5.75 Å². The number of aryl methyl sites for hydroxylation is 3. The number of carbonyl (C=O) groups is 1. The third-order valence-corrected chi connectivity index (χ3v) is 4.75. The highest BCUT2D eigenvalue weighted by molar-refractivity contribution is 7.99. The van der Waals surface area contributed by atoms with Crippen LogP contribution in [-0.4, -0.2) is 21.9 Å². The molecule has 5 nitrogen and oxygen atoms in total. The van der Waals surface area contributed by atoms with E-state index >= 15 is 0 Å². The molecule has 1 aromatic heterocycles. The van der Waals surface area contributed by atoms with Crippen LogP contribution in [0.5, 0.6) is 0 Å². The minimum atomic E-state index is -0.277. The molecule has 0 unspecified atom stereocenters. The van der Waals surface area contributed by atoms with Crippen molar-refractivity contribution in [3.05, 3.63) is 64.5 Å². The molecule has 0 saturated carbocycles. The van der Waals surface area contributed by atoms with Gasteiger partial charge in [0.05, 0.1) is 5.75 Å². The maximum atomic E-state index is 13.5. The van der Waals surface area contributed by atoms with Gasteiger partial charge in [-0.15, -0.1) is 10.2 Å². The Hall–Kier alpha value is -2.67. The largest absolute Gasteiger partial charge is 0.411 e. The molecule has 0 aliphatic heterocycles. The number of aromatic nitrogens is 2. The van der Waals surface area contributed by atoms with Crippen LogP contribution in [0.4, 0.5) is 4.39 Å². The first kappa shape index (κ1) is 19.1. The van der Waals surface area contributed by atoms with E-state index in [1.54, 1.807) is 19.1 Å². The number of hydrogen-bond donors (Lipinski definition) is 1. The number of amides is 1. The number of nitrogens with one attached hydrogen (secondary N) is 1. The maximum Gasteiger partial charge on any atom is 0.277 e. The fourth-order valence-corrected chi connectivity index (χ4v) is 3.20. The molecule has 27 heavy (non-hydrogen) atoms. The molecule has 3 rings (SSSR count). The molecule has 0 radical (unpaired) electrons. The summed E-state index contributed by atoms with van der Waals surface area (Å²) >= 11 is 1.17. The zero-order valence-electron chi connectivity index (χ0n) is 15.4. The van der Waals surface area contributed by atoms with Crippen LogP contribution >= 0.6 is 11.8 Å². The van der Waals surface area contributed by atoms with Gasteiger partial charge in [0, 0.05) is 12.1 Å². The lowest BCUT2D eigenvalue weighted by molar-refractivity contribution is -0.118. The van der Waals surface area contributed by atoms with Gasteiger partial charge in [-0.3, -0.25) is 4.79 Å². The molecule has 0 spiro atoms. The highest BCUT2D eigenvalue weighted by atomic mass is 32.2. The lowest BCUT2D eigenvalue weighted by Gasteiger charge is -2.05. The molecule has 140 valence electrons. The Balaban J connectivity index is 1.53. The van der Waals surface area contributed by atoms with Crippen molar-refractivity contribution in [1.29, 1.82) is 0 Å². The van der Waals surface area contributed by atoms with Crippen LogP contribution in [0, 0.1) is 26.6 Å². The third kappa shape index (κ3) is 5.17. The predicted molar refractivity (Wildman–Crippen MR) is 103 cm³/mol. The number of thioether (sulfide) groups is 1. The summed E-state index contributed by atoms with van der Waals surface area (Å²) in [4.78, 5) is 12.0. The lowest BCUT2D eigenvalue weighted by atomic mass is 10.1. The fraction of sp³-hybridized carbons (Fsp3) is 0.250. The quantitative estimate of drug-likeness (QED) is 0.644. The summed E-state index contributed by atoms with van der Waals surface area (Å²) in [6, 6.07) is 10.9. The second kappa shape index (κ2) is 8.35. The van der Waals surface area contributed by atoms with Gasteiger partial charge in [0.15, 0.2) is 0 Å². The Bertz CT molecular complexity index is 951. The van der Waals surface area contributed by atoms with Gasteiger partial charge in [0.2, 0.25) is 11.8 Å². The third-order valence-electron chi connectivity index (χ3n) is 3.93. The van der Waals surface area contributed by atoms with Crippen molar-refractivity contribution in [3.63, 3.8) is 0 Å². The number of rotatable bonds is 6. The summed E-state index contributed by atoms with van der Waals surface area (Å²) in [6.45, 7) is 5.98. The Morgan fingerprint density at radius 3 is 2.56 bits per heavy atom. The number of nitrogens with zero attached hydrogens (tertiary/aromatic N) is 2. The molecule has 0 aliphatic carbocycles. The van der Waals surface area contributed by atoms with Gasteiger partial charge in [0.25, 0.3) is 5.22 Å². The molecule has 2 aromatic carbocycles. The molecule has 0 fully saturated rings. The van der Waals surface area contributed by atoms with E-state index < -0.39 is 0 Å². The van der Waals surface area contributed by atoms with Gasteiger partial charge in [-0.05, 0) is 50.1 Å². The summed E-state index contributed by atoms with van der Waals surface area (Å²) in [5.41, 5.74) is 4.38. The van der Waals surface area contributed by atoms with E-state index in [-0.39, 0.29) is 24.0 Å². The van der Waals surface area contributed by atoms with E-state index in [1.165, 1.54) is 17.8 Å². The monoisotopic (exact) mass is 385 g/mol. The Kier molecular flexibility index (Phi) is 5.91. The average molecular weight is 385 g/mol. The highest BCUT2D eigenvalue weighted by Gasteiger charge is 2.12. The maximum absolute atomic E-state index is 13.5. The van der Waals surface area contributed by atoms with E-state index in [2.05, 4.69) is 21.6 Å². The molecule has 0 saturated heterocycles. The van der Waals surface area contributed by atoms with Crippen LogP contribution < -0.4 is 5.32 Å². The zero-order chi connectivity index (χ0) is 19.4. The highest BCUT2D eigenvalue weighted by Crippen LogP contribution is 2.24. The molecule has 0 bridgehead atoms. The Labute approximate surface area is 161 Å². The molecular weight excluding hydrogens is 365 g/mol. The molecule has 3 aromatic rings. The summed E-state index contributed by atoms with van der Waals surface area (Å²) in [6.07, 6.45) is 0. The molecular formula is C20H20FN3O2S. The molecule has 0 atom stereocenters. The van der Waals surface area contributed by atoms with Gasteiger partial charge in [-0.1, -0.05) is 41.1 Å². The van der Waals surface area contributed by atoms with Gasteiger partial charge < -0.3 is 9.73 Å². The summed E-state index contributed by atoms with van der Waals surface area (Å²) in [5.74, 6) is 0.107. The second-order valence-corrected chi connectivity index (χ2v) is 7.33. The lowest BCUT2D eigenvalue weighted by Crippen LogP contribution is -2.24. The van der Waals surface area contributed by atoms with Crippen molar-refractivity contribution in [2.24, 2.45) is 0 Å². The van der Waals surface area contributed by atoms with E-state index in [9.17, 15) is 9.18 Å². The van der Waals surface area contributed by atoms with E-state index in [0.29, 0.717) is 22.2 Å². The minimum Gasteiger partial charge on any atom is -0.411 e. The first-order chi connectivity index (χ1) is 12.9. The van der Waals surface area contributed by atoms with E-state index in [1.807, 2.05) is 26.0 Å². The van der Waals surface area contributed by atoms with Crippen LogP contribution in [0.1, 0.15) is 22.3 Å². The van der Waals surface area contributed by atoms with Crippen molar-refractivity contribution < 1.29 is 13.6 Å². The summed E-state index contributed by atoms with van der Waals surface area (Å²) in [5, 5.41) is 11.1. The van der Waals surface area contributed by atoms with Crippen molar-refractivity contribution >= 4 is 17.7 Å². The van der Waals surface area contributed by atoms with Gasteiger partial charge in [0.1, 0.15) is 5.82 Å². The summed E-state index contributed by atoms with van der Waals surface area (Å²) in [7, 11) is 0. The first-order valence-electron chi connectivity index (χ1n) is 8.47. The zero-order valence-corrected chi connectivity index (χ0v) is 16.2. The number of carbonyl (C=O) groups excluding carboxylic acids is 1. The molecule has 1 heterocycles. The average Bonchev–Trinajstić information content (AvgIpc) is 3.09. The topological polar surface area (TPSA) is 68.0 Å². The van der Waals surface area contributed by atoms with Crippen molar-refractivity contribution in [2.45, 2.75) is 32.5 Å². The SMILES string of the molecule is Cc1cc(C)cc(-c2nnc(SCC(=O)NCc3ccc(C)c(F)c3)o2)c1. The Morgan fingerprint density at radius 2 is 1.85 bits per heavy atom. The van der Waals surface area contributed by atoms with Gasteiger partial charge >= 0.3 is 0 Å². The van der Waals surface area contributed by atoms with Crippen molar-refractivity contribution in [3.8, 4) is 11.5 Å². The number of halogens is 1. The van der Waals surface area contributed by atoms with Gasteiger partial charge in [-0.2, -0.15) is 0 Å². The van der Waals surface area contributed by atoms with Crippen LogP contribution in [0.3, 0.4) is 0 Å². The van der Waals surface area contributed by atoms with Crippen LogP contribution in [0.25, 0.3) is 11.5 Å². The second-order valence-electron chi connectivity index (χ2n) is 6.40. The standard InChI is InChI=1S/C20H20FN3O2S/c1-12-6-13(2)8-16(7-12)19-23-24-20(26-19)27-11-18(25)22-10-15-5-4-14(3)17(21)9-15/h4-9H,10-11H2,1-3H3,(H,22,25). The molecule has 7 heteroatoms. The number of benzene rings is 2. The number of hydrogen-bond acceptors (Lipinski definition) is 5. The summed E-state index contributed by atoms with van der Waals surface area (Å²) < 4.78 is 19.2. The molecule has 1 N–H and O–H groups in total. The van der Waals surface area contributed by atoms with Crippen LogP contribution in [0.2, 0.25) is 0 Å². The van der Waals surface area contributed by atoms with Crippen molar-refractivity contribution in [1.82, 2.24) is 15.5 Å². The molecule has 1 amide bonds.